The number of nitrogens with one attached hydrogen (secondary N) is 2. The summed E-state index contributed by atoms with van der Waals surface area (Å²) >= 11 is 0. The van der Waals surface area contributed by atoms with Crippen LogP contribution in [0.25, 0.3) is 0 Å². The monoisotopic (exact) mass is 626 g/mol. The van der Waals surface area contributed by atoms with Crippen molar-refractivity contribution >= 4 is 29.2 Å². The SMILES string of the molecule is CN(C)CC1CCC([n+]2cc(NC(=O)Nc3cc(N=C([O-])C(CC#CCCO)c4ccccc4)cc(C(F)(F)F)c3)on2)CC1. The largest absolute Gasteiger partial charge is 0.861 e. The fraction of sp³-hybridized carbons (Fsp3) is 0.438. The maximum Gasteiger partial charge on any atom is 0.416 e. The van der Waals surface area contributed by atoms with Crippen LogP contribution in [0.1, 0.15) is 61.6 Å². The van der Waals surface area contributed by atoms with Gasteiger partial charge in [0.2, 0.25) is 5.27 Å². The van der Waals surface area contributed by atoms with Crippen LogP contribution in [0.4, 0.5) is 35.2 Å². The van der Waals surface area contributed by atoms with Gasteiger partial charge >= 0.3 is 18.1 Å². The zero-order valence-corrected chi connectivity index (χ0v) is 25.2. The lowest BCUT2D eigenvalue weighted by Crippen LogP contribution is -2.43. The Morgan fingerprint density at radius 2 is 1.89 bits per heavy atom. The van der Waals surface area contributed by atoms with Crippen molar-refractivity contribution in [2.75, 3.05) is 37.9 Å². The van der Waals surface area contributed by atoms with Crippen molar-refractivity contribution < 1.29 is 37.4 Å². The fourth-order valence-electron chi connectivity index (χ4n) is 5.34. The van der Waals surface area contributed by atoms with Gasteiger partial charge in [-0.2, -0.15) is 13.2 Å². The van der Waals surface area contributed by atoms with Crippen LogP contribution in [0.3, 0.4) is 0 Å². The molecule has 4 rings (SSSR count). The standard InChI is InChI=1S/C32H37F3N6O4/c1-40(2)20-22-12-14-27(15-13-22)41-21-29(45-39-41)38-31(44)37-26-18-24(32(33,34)35)17-25(19-26)36-30(43)28(11-7-4-8-16-42)23-9-5-3-6-10-23/h3,5-6,9-10,17-19,21-22,27-28,42H,8,11-16,20H2,1-2H3,(H2-,36,37,38,39,43,44). The van der Waals surface area contributed by atoms with Gasteiger partial charge in [0, 0.05) is 43.8 Å². The first-order valence-electron chi connectivity index (χ1n) is 14.7. The number of aromatic nitrogens is 2. The van der Waals surface area contributed by atoms with Crippen molar-refractivity contribution in [3.05, 3.63) is 65.9 Å². The Bertz CT molecular complexity index is 1510. The van der Waals surface area contributed by atoms with Gasteiger partial charge < -0.3 is 20.4 Å². The smallest absolute Gasteiger partial charge is 0.416 e. The van der Waals surface area contributed by atoms with Gasteiger partial charge in [0.05, 0.1) is 17.9 Å². The van der Waals surface area contributed by atoms with Crippen molar-refractivity contribution in [2.24, 2.45) is 10.9 Å². The summed E-state index contributed by atoms with van der Waals surface area (Å²) in [5.74, 6) is 4.68. The number of halogens is 3. The van der Waals surface area contributed by atoms with E-state index in [1.807, 2.05) is 0 Å². The van der Waals surface area contributed by atoms with Gasteiger partial charge in [-0.1, -0.05) is 30.3 Å². The number of aliphatic imine (C=N–C) groups is 1. The summed E-state index contributed by atoms with van der Waals surface area (Å²) in [6.07, 6.45) is 0.986. The normalized spacial score (nSPS) is 17.8. The van der Waals surface area contributed by atoms with E-state index < -0.39 is 29.6 Å². The summed E-state index contributed by atoms with van der Waals surface area (Å²) in [4.78, 5) is 18.9. The highest BCUT2D eigenvalue weighted by Gasteiger charge is 2.32. The predicted octanol–water partition coefficient (Wildman–Crippen LogP) is 4.87. The Labute approximate surface area is 259 Å². The first-order valence-corrected chi connectivity index (χ1v) is 14.7. The van der Waals surface area contributed by atoms with Crippen LogP contribution < -0.4 is 20.4 Å². The van der Waals surface area contributed by atoms with Crippen molar-refractivity contribution in [1.29, 1.82) is 0 Å². The minimum atomic E-state index is -4.77. The molecule has 3 N–H and O–H groups in total. The summed E-state index contributed by atoms with van der Waals surface area (Å²) in [5.41, 5.74) is -0.996. The Morgan fingerprint density at radius 1 is 1.16 bits per heavy atom. The zero-order valence-electron chi connectivity index (χ0n) is 25.2. The molecule has 1 heterocycles. The molecule has 0 spiro atoms. The molecule has 0 saturated heterocycles. The van der Waals surface area contributed by atoms with E-state index in [1.54, 1.807) is 41.2 Å². The molecule has 13 heteroatoms. The molecule has 1 aliphatic carbocycles. The molecule has 1 unspecified atom stereocenters. The highest BCUT2D eigenvalue weighted by Crippen LogP contribution is 2.35. The van der Waals surface area contributed by atoms with E-state index in [0.29, 0.717) is 11.5 Å². The molecule has 240 valence electrons. The van der Waals surface area contributed by atoms with E-state index in [0.717, 1.165) is 44.4 Å². The van der Waals surface area contributed by atoms with Crippen molar-refractivity contribution in [3.8, 4) is 11.8 Å². The number of carbonyl (C=O) groups is 1. The number of urea groups is 1. The van der Waals surface area contributed by atoms with Gasteiger partial charge in [0.25, 0.3) is 6.20 Å². The highest BCUT2D eigenvalue weighted by atomic mass is 19.4. The Balaban J connectivity index is 1.48. The number of alkyl halides is 3. The molecule has 0 bridgehead atoms. The van der Waals surface area contributed by atoms with Gasteiger partial charge in [-0.05, 0) is 67.2 Å². The molecule has 1 fully saturated rings. The summed E-state index contributed by atoms with van der Waals surface area (Å²) in [6.45, 7) is 0.888. The maximum absolute atomic E-state index is 13.8. The molecule has 1 aromatic heterocycles. The van der Waals surface area contributed by atoms with Crippen LogP contribution in [0.5, 0.6) is 0 Å². The third-order valence-electron chi connectivity index (χ3n) is 7.44. The van der Waals surface area contributed by atoms with Gasteiger partial charge in [0.15, 0.2) is 6.04 Å². The van der Waals surface area contributed by atoms with Gasteiger partial charge in [-0.15, -0.1) is 11.8 Å². The van der Waals surface area contributed by atoms with E-state index in [4.69, 9.17) is 9.63 Å². The second kappa shape index (κ2) is 15.5. The average Bonchev–Trinajstić information content (AvgIpc) is 3.45. The molecular formula is C32H37F3N6O4. The number of nitrogens with zero attached hydrogens (tertiary/aromatic N) is 4. The lowest BCUT2D eigenvalue weighted by Gasteiger charge is -2.26. The fourth-order valence-corrected chi connectivity index (χ4v) is 5.34. The van der Waals surface area contributed by atoms with Crippen LogP contribution in [-0.4, -0.2) is 54.5 Å². The molecule has 45 heavy (non-hydrogen) atoms. The van der Waals surface area contributed by atoms with Crippen molar-refractivity contribution in [2.45, 2.75) is 56.7 Å². The van der Waals surface area contributed by atoms with Crippen LogP contribution in [0.15, 0.2) is 64.2 Å². The number of hydrogen-bond donors (Lipinski definition) is 3. The number of carbonyl (C=O) groups excluding carboxylic acids is 1. The number of hydrogen-bond acceptors (Lipinski definition) is 7. The first-order chi connectivity index (χ1) is 21.5. The molecule has 10 nitrogen and oxygen atoms in total. The number of anilines is 2. The summed E-state index contributed by atoms with van der Waals surface area (Å²) in [7, 11) is 4.10. The van der Waals surface area contributed by atoms with E-state index in [9.17, 15) is 23.1 Å². The summed E-state index contributed by atoms with van der Waals surface area (Å²) in [5, 5.41) is 31.0. The van der Waals surface area contributed by atoms with Crippen LogP contribution in [0.2, 0.25) is 0 Å². The average molecular weight is 627 g/mol. The predicted molar refractivity (Wildman–Crippen MR) is 161 cm³/mol. The van der Waals surface area contributed by atoms with Crippen LogP contribution >= 0.6 is 0 Å². The van der Waals surface area contributed by atoms with E-state index in [2.05, 4.69) is 51.7 Å². The topological polar surface area (TPSA) is 130 Å². The van der Waals surface area contributed by atoms with Crippen molar-refractivity contribution in [1.82, 2.24) is 10.2 Å². The Hall–Kier alpha value is -4.41. The van der Waals surface area contributed by atoms with Gasteiger partial charge in [-0.3, -0.25) is 14.8 Å². The second-order valence-electron chi connectivity index (χ2n) is 11.3. The second-order valence-corrected chi connectivity index (χ2v) is 11.3. The third kappa shape index (κ3) is 10.1. The van der Waals surface area contributed by atoms with E-state index in [1.165, 1.54) is 6.07 Å². The number of aliphatic hydroxyl groups is 1. The van der Waals surface area contributed by atoms with Gasteiger partial charge in [0.1, 0.15) is 0 Å². The molecule has 3 aromatic rings. The molecule has 0 aliphatic heterocycles. The molecular weight excluding hydrogens is 589 g/mol. The third-order valence-corrected chi connectivity index (χ3v) is 7.44. The number of amides is 2. The maximum atomic E-state index is 13.8. The summed E-state index contributed by atoms with van der Waals surface area (Å²) < 4.78 is 48.2. The lowest BCUT2D eigenvalue weighted by molar-refractivity contribution is -0.787. The Kier molecular flexibility index (Phi) is 11.6. The van der Waals surface area contributed by atoms with Crippen LogP contribution in [-0.2, 0) is 6.18 Å². The molecule has 1 aliphatic rings. The highest BCUT2D eigenvalue weighted by molar-refractivity contribution is 5.99. The molecule has 2 aromatic carbocycles. The minimum absolute atomic E-state index is 0.0305. The Morgan fingerprint density at radius 3 is 2.56 bits per heavy atom. The van der Waals surface area contributed by atoms with E-state index in [-0.39, 0.29) is 42.7 Å². The summed E-state index contributed by atoms with van der Waals surface area (Å²) in [6, 6.07) is 10.6. The van der Waals surface area contributed by atoms with Crippen LogP contribution in [0, 0.1) is 17.8 Å². The first kappa shape index (κ1) is 33.5. The van der Waals surface area contributed by atoms with Crippen molar-refractivity contribution in [3.63, 3.8) is 0 Å². The number of rotatable bonds is 10. The van der Waals surface area contributed by atoms with E-state index >= 15 is 0 Å². The number of aliphatic hydroxyl groups excluding tert-OH is 1. The lowest BCUT2D eigenvalue weighted by atomic mass is 9.86. The molecule has 1 atom stereocenters. The zero-order chi connectivity index (χ0) is 32.4. The molecule has 1 saturated carbocycles. The molecule has 2 amide bonds. The number of benzene rings is 2. The molecule has 0 radical (unpaired) electrons. The minimum Gasteiger partial charge on any atom is -0.861 e. The van der Waals surface area contributed by atoms with Gasteiger partial charge in [-0.25, -0.2) is 4.79 Å². The quantitative estimate of drug-likeness (QED) is 0.128.